The summed E-state index contributed by atoms with van der Waals surface area (Å²) < 4.78 is 1.11. The maximum absolute atomic E-state index is 12.1. The maximum Gasteiger partial charge on any atom is 0.251 e. The molecule has 0 radical (unpaired) electrons. The van der Waals surface area contributed by atoms with Crippen molar-refractivity contribution in [1.82, 2.24) is 5.32 Å². The molecule has 0 spiro atoms. The number of hydrogen-bond donors (Lipinski definition) is 2. The lowest BCUT2D eigenvalue weighted by atomic mass is 9.87. The minimum Gasteiger partial charge on any atom is -0.393 e. The summed E-state index contributed by atoms with van der Waals surface area (Å²) in [6.07, 6.45) is 3.69. The molecule has 1 aromatic rings. The van der Waals surface area contributed by atoms with Gasteiger partial charge < -0.3 is 10.4 Å². The topological polar surface area (TPSA) is 49.3 Å². The van der Waals surface area contributed by atoms with Crippen LogP contribution in [0.2, 0.25) is 0 Å². The van der Waals surface area contributed by atoms with Crippen LogP contribution >= 0.6 is 22.6 Å². The van der Waals surface area contributed by atoms with E-state index in [4.69, 9.17) is 0 Å². The summed E-state index contributed by atoms with van der Waals surface area (Å²) in [6, 6.07) is 5.75. The van der Waals surface area contributed by atoms with Gasteiger partial charge in [-0.2, -0.15) is 0 Å². The average Bonchev–Trinajstić information content (AvgIpc) is 2.39. The van der Waals surface area contributed by atoms with Gasteiger partial charge in [0.2, 0.25) is 0 Å². The fourth-order valence-electron chi connectivity index (χ4n) is 2.52. The van der Waals surface area contributed by atoms with Crippen molar-refractivity contribution >= 4 is 28.5 Å². The predicted molar refractivity (Wildman–Crippen MR) is 84.2 cm³/mol. The van der Waals surface area contributed by atoms with E-state index in [2.05, 4.69) is 27.9 Å². The van der Waals surface area contributed by atoms with Gasteiger partial charge >= 0.3 is 0 Å². The van der Waals surface area contributed by atoms with Gasteiger partial charge in [0.25, 0.3) is 5.91 Å². The fourth-order valence-corrected chi connectivity index (χ4v) is 3.04. The third-order valence-electron chi connectivity index (χ3n) is 3.74. The number of carbonyl (C=O) groups excluding carboxylic acids is 1. The number of aryl methyl sites for hydroxylation is 1. The third kappa shape index (κ3) is 4.18. The van der Waals surface area contributed by atoms with Crippen LogP contribution in [0.15, 0.2) is 18.2 Å². The van der Waals surface area contributed by atoms with Crippen LogP contribution in [-0.4, -0.2) is 23.7 Å². The number of hydrogen-bond acceptors (Lipinski definition) is 2. The van der Waals surface area contributed by atoms with E-state index in [-0.39, 0.29) is 12.0 Å². The SMILES string of the molecule is Cc1ccc(C(=O)NC[C@@H]2CCC[C@@H](O)C2)cc1I. The molecule has 2 rings (SSSR count). The lowest BCUT2D eigenvalue weighted by Crippen LogP contribution is -2.33. The average molecular weight is 373 g/mol. The van der Waals surface area contributed by atoms with Gasteiger partial charge in [-0.3, -0.25) is 4.79 Å². The molecule has 0 heterocycles. The number of rotatable bonds is 3. The Hall–Kier alpha value is -0.620. The summed E-state index contributed by atoms with van der Waals surface area (Å²) in [5.41, 5.74) is 1.90. The molecule has 0 bridgehead atoms. The Balaban J connectivity index is 1.88. The zero-order chi connectivity index (χ0) is 13.8. The Bertz CT molecular complexity index is 461. The second-order valence-electron chi connectivity index (χ2n) is 5.36. The monoisotopic (exact) mass is 373 g/mol. The van der Waals surface area contributed by atoms with Crippen molar-refractivity contribution in [1.29, 1.82) is 0 Å². The first-order chi connectivity index (χ1) is 9.06. The molecule has 19 heavy (non-hydrogen) atoms. The van der Waals surface area contributed by atoms with E-state index in [1.165, 1.54) is 5.56 Å². The number of carbonyl (C=O) groups is 1. The molecular weight excluding hydrogens is 353 g/mol. The van der Waals surface area contributed by atoms with Gasteiger partial charge in [0.1, 0.15) is 0 Å². The van der Waals surface area contributed by atoms with Crippen LogP contribution < -0.4 is 5.32 Å². The van der Waals surface area contributed by atoms with Crippen molar-refractivity contribution in [2.75, 3.05) is 6.54 Å². The number of aliphatic hydroxyl groups is 1. The van der Waals surface area contributed by atoms with E-state index in [1.807, 2.05) is 25.1 Å². The summed E-state index contributed by atoms with van der Waals surface area (Å²) in [6.45, 7) is 2.70. The fraction of sp³-hybridized carbons (Fsp3) is 0.533. The highest BCUT2D eigenvalue weighted by molar-refractivity contribution is 14.1. The Labute approximate surface area is 127 Å². The van der Waals surface area contributed by atoms with Gasteiger partial charge in [0, 0.05) is 15.7 Å². The van der Waals surface area contributed by atoms with E-state index >= 15 is 0 Å². The van der Waals surface area contributed by atoms with Crippen LogP contribution in [0.25, 0.3) is 0 Å². The predicted octanol–water partition coefficient (Wildman–Crippen LogP) is 2.88. The van der Waals surface area contributed by atoms with Gasteiger partial charge in [0.05, 0.1) is 6.10 Å². The Morgan fingerprint density at radius 1 is 1.47 bits per heavy atom. The second-order valence-corrected chi connectivity index (χ2v) is 6.52. The van der Waals surface area contributed by atoms with Crippen molar-refractivity contribution in [2.24, 2.45) is 5.92 Å². The molecule has 1 amide bonds. The highest BCUT2D eigenvalue weighted by Crippen LogP contribution is 2.23. The van der Waals surface area contributed by atoms with Crippen molar-refractivity contribution in [3.8, 4) is 0 Å². The highest BCUT2D eigenvalue weighted by atomic mass is 127. The minimum atomic E-state index is -0.184. The molecule has 1 aliphatic carbocycles. The molecule has 0 aromatic heterocycles. The van der Waals surface area contributed by atoms with Crippen molar-refractivity contribution in [2.45, 2.75) is 38.7 Å². The Kier molecular flexibility index (Phi) is 5.21. The first kappa shape index (κ1) is 14.8. The largest absolute Gasteiger partial charge is 0.393 e. The van der Waals surface area contributed by atoms with Gasteiger partial charge in [-0.05, 0) is 72.4 Å². The van der Waals surface area contributed by atoms with Gasteiger partial charge in [-0.25, -0.2) is 0 Å². The van der Waals surface area contributed by atoms with Gasteiger partial charge in [-0.1, -0.05) is 12.5 Å². The molecule has 0 saturated heterocycles. The van der Waals surface area contributed by atoms with Crippen molar-refractivity contribution < 1.29 is 9.90 Å². The zero-order valence-electron chi connectivity index (χ0n) is 11.2. The number of benzene rings is 1. The molecule has 2 atom stereocenters. The molecule has 4 heteroatoms. The van der Waals surface area contributed by atoms with Gasteiger partial charge in [-0.15, -0.1) is 0 Å². The van der Waals surface area contributed by atoms with E-state index < -0.39 is 0 Å². The number of aliphatic hydroxyl groups excluding tert-OH is 1. The third-order valence-corrected chi connectivity index (χ3v) is 4.90. The Morgan fingerprint density at radius 2 is 2.26 bits per heavy atom. The zero-order valence-corrected chi connectivity index (χ0v) is 13.3. The van der Waals surface area contributed by atoms with Crippen molar-refractivity contribution in [3.05, 3.63) is 32.9 Å². The van der Waals surface area contributed by atoms with Crippen LogP contribution in [0.3, 0.4) is 0 Å². The smallest absolute Gasteiger partial charge is 0.251 e. The van der Waals surface area contributed by atoms with Crippen LogP contribution in [0.5, 0.6) is 0 Å². The molecular formula is C15H20INO2. The first-order valence-electron chi connectivity index (χ1n) is 6.78. The number of halogens is 1. The van der Waals surface area contributed by atoms with E-state index in [0.29, 0.717) is 18.0 Å². The normalized spacial score (nSPS) is 23.1. The van der Waals surface area contributed by atoms with E-state index in [1.54, 1.807) is 0 Å². The standard InChI is InChI=1S/C15H20INO2/c1-10-5-6-12(8-14(10)16)15(19)17-9-11-3-2-4-13(18)7-11/h5-6,8,11,13,18H,2-4,7,9H2,1H3,(H,17,19)/t11-,13-/m1/s1. The maximum atomic E-state index is 12.1. The van der Waals surface area contributed by atoms with Crippen LogP contribution in [-0.2, 0) is 0 Å². The molecule has 1 aromatic carbocycles. The molecule has 3 nitrogen and oxygen atoms in total. The van der Waals surface area contributed by atoms with Gasteiger partial charge in [0.15, 0.2) is 0 Å². The quantitative estimate of drug-likeness (QED) is 0.801. The highest BCUT2D eigenvalue weighted by Gasteiger charge is 2.20. The lowest BCUT2D eigenvalue weighted by Gasteiger charge is -2.25. The molecule has 0 unspecified atom stereocenters. The molecule has 0 aliphatic heterocycles. The van der Waals surface area contributed by atoms with E-state index in [0.717, 1.165) is 29.3 Å². The number of nitrogens with one attached hydrogen (secondary N) is 1. The number of amides is 1. The first-order valence-corrected chi connectivity index (χ1v) is 7.86. The summed E-state index contributed by atoms with van der Waals surface area (Å²) in [4.78, 5) is 12.1. The molecule has 1 saturated carbocycles. The molecule has 104 valence electrons. The second kappa shape index (κ2) is 6.70. The van der Waals surface area contributed by atoms with E-state index in [9.17, 15) is 9.90 Å². The molecule has 2 N–H and O–H groups in total. The molecule has 1 aliphatic rings. The van der Waals surface area contributed by atoms with Crippen LogP contribution in [0, 0.1) is 16.4 Å². The summed E-state index contributed by atoms with van der Waals surface area (Å²) in [5, 5.41) is 12.6. The van der Waals surface area contributed by atoms with Crippen LogP contribution in [0.4, 0.5) is 0 Å². The molecule has 1 fully saturated rings. The lowest BCUT2D eigenvalue weighted by molar-refractivity contribution is 0.0874. The Morgan fingerprint density at radius 3 is 2.95 bits per heavy atom. The summed E-state index contributed by atoms with van der Waals surface area (Å²) in [7, 11) is 0. The van der Waals surface area contributed by atoms with Crippen molar-refractivity contribution in [3.63, 3.8) is 0 Å². The minimum absolute atomic E-state index is 0.0158. The van der Waals surface area contributed by atoms with Crippen LogP contribution in [0.1, 0.15) is 41.6 Å². The summed E-state index contributed by atoms with van der Waals surface area (Å²) >= 11 is 2.24. The summed E-state index contributed by atoms with van der Waals surface area (Å²) in [5.74, 6) is 0.398.